The van der Waals surface area contributed by atoms with Crippen molar-refractivity contribution in [3.8, 4) is 5.75 Å². The van der Waals surface area contributed by atoms with Crippen LogP contribution in [0.2, 0.25) is 0 Å². The van der Waals surface area contributed by atoms with Gasteiger partial charge in [-0.15, -0.1) is 5.10 Å². The maximum absolute atomic E-state index is 12.5. The molecular formula is C22H20N4O2. The molecule has 4 aromatic rings. The lowest BCUT2D eigenvalue weighted by atomic mass is 10.1. The lowest BCUT2D eigenvalue weighted by Gasteiger charge is -2.08. The normalized spacial score (nSPS) is 10.8. The van der Waals surface area contributed by atoms with Crippen molar-refractivity contribution >= 4 is 22.6 Å². The fourth-order valence-electron chi connectivity index (χ4n) is 2.97. The monoisotopic (exact) mass is 372 g/mol. The molecule has 0 bridgehead atoms. The Bertz CT molecular complexity index is 1090. The zero-order valence-electron chi connectivity index (χ0n) is 15.5. The summed E-state index contributed by atoms with van der Waals surface area (Å²) in [5.41, 5.74) is 4.23. The standard InChI is InChI=1S/C22H20N4O2/c1-2-28-19-13-11-18(12-14-19)23-22(27)17-9-7-16(8-10-17)15-26-21-6-4-3-5-20(21)24-25-26/h3-14H,2,15H2,1H3,(H,23,27). The van der Waals surface area contributed by atoms with Gasteiger partial charge in [-0.2, -0.15) is 0 Å². The van der Waals surface area contributed by atoms with Gasteiger partial charge in [0, 0.05) is 11.3 Å². The highest BCUT2D eigenvalue weighted by molar-refractivity contribution is 6.04. The van der Waals surface area contributed by atoms with Crippen molar-refractivity contribution in [3.05, 3.63) is 83.9 Å². The molecule has 0 saturated carbocycles. The van der Waals surface area contributed by atoms with Crippen molar-refractivity contribution < 1.29 is 9.53 Å². The highest BCUT2D eigenvalue weighted by atomic mass is 16.5. The molecule has 0 atom stereocenters. The third-order valence-corrected chi connectivity index (χ3v) is 4.39. The van der Waals surface area contributed by atoms with Crippen molar-refractivity contribution in [3.63, 3.8) is 0 Å². The Hall–Kier alpha value is -3.67. The average molecular weight is 372 g/mol. The van der Waals surface area contributed by atoms with E-state index in [9.17, 15) is 4.79 Å². The number of hydrogen-bond acceptors (Lipinski definition) is 4. The summed E-state index contributed by atoms with van der Waals surface area (Å²) in [5.74, 6) is 0.632. The summed E-state index contributed by atoms with van der Waals surface area (Å²) in [5, 5.41) is 11.3. The lowest BCUT2D eigenvalue weighted by molar-refractivity contribution is 0.102. The van der Waals surface area contributed by atoms with E-state index in [1.165, 1.54) is 0 Å². The molecule has 0 unspecified atom stereocenters. The van der Waals surface area contributed by atoms with Gasteiger partial charge in [-0.25, -0.2) is 4.68 Å². The summed E-state index contributed by atoms with van der Waals surface area (Å²) >= 11 is 0. The highest BCUT2D eigenvalue weighted by Gasteiger charge is 2.08. The predicted octanol–water partition coefficient (Wildman–Crippen LogP) is 4.13. The first-order chi connectivity index (χ1) is 13.7. The van der Waals surface area contributed by atoms with Gasteiger partial charge in [0.2, 0.25) is 0 Å². The van der Waals surface area contributed by atoms with E-state index in [1.54, 1.807) is 0 Å². The van der Waals surface area contributed by atoms with Crippen LogP contribution in [0.4, 0.5) is 5.69 Å². The lowest BCUT2D eigenvalue weighted by Crippen LogP contribution is -2.12. The van der Waals surface area contributed by atoms with E-state index in [2.05, 4.69) is 15.6 Å². The minimum Gasteiger partial charge on any atom is -0.494 e. The first-order valence-electron chi connectivity index (χ1n) is 9.14. The summed E-state index contributed by atoms with van der Waals surface area (Å²) in [6.07, 6.45) is 0. The number of hydrogen-bond donors (Lipinski definition) is 1. The molecule has 0 aliphatic carbocycles. The molecule has 1 amide bonds. The maximum Gasteiger partial charge on any atom is 0.255 e. The maximum atomic E-state index is 12.5. The van der Waals surface area contributed by atoms with Crippen LogP contribution in [-0.2, 0) is 6.54 Å². The molecule has 0 aliphatic rings. The van der Waals surface area contributed by atoms with Crippen LogP contribution in [-0.4, -0.2) is 27.5 Å². The molecule has 0 aliphatic heterocycles. The molecule has 4 rings (SSSR count). The smallest absolute Gasteiger partial charge is 0.255 e. The quantitative estimate of drug-likeness (QED) is 0.552. The Morgan fingerprint density at radius 1 is 1.00 bits per heavy atom. The van der Waals surface area contributed by atoms with Crippen LogP contribution >= 0.6 is 0 Å². The molecule has 1 heterocycles. The highest BCUT2D eigenvalue weighted by Crippen LogP contribution is 2.17. The van der Waals surface area contributed by atoms with Gasteiger partial charge in [-0.05, 0) is 61.0 Å². The molecule has 6 heteroatoms. The van der Waals surface area contributed by atoms with Crippen molar-refractivity contribution in [2.45, 2.75) is 13.5 Å². The summed E-state index contributed by atoms with van der Waals surface area (Å²) < 4.78 is 7.26. The Morgan fingerprint density at radius 2 is 1.75 bits per heavy atom. The number of nitrogens with one attached hydrogen (secondary N) is 1. The van der Waals surface area contributed by atoms with Crippen molar-refractivity contribution in [2.75, 3.05) is 11.9 Å². The number of anilines is 1. The average Bonchev–Trinajstić information content (AvgIpc) is 3.13. The third-order valence-electron chi connectivity index (χ3n) is 4.39. The number of benzene rings is 3. The minimum atomic E-state index is -0.151. The second-order valence-electron chi connectivity index (χ2n) is 6.34. The van der Waals surface area contributed by atoms with E-state index in [4.69, 9.17) is 4.74 Å². The van der Waals surface area contributed by atoms with E-state index in [0.717, 1.165) is 28.0 Å². The summed E-state index contributed by atoms with van der Waals surface area (Å²) in [6.45, 7) is 3.15. The second-order valence-corrected chi connectivity index (χ2v) is 6.34. The number of rotatable bonds is 6. The van der Waals surface area contributed by atoms with Crippen molar-refractivity contribution in [1.82, 2.24) is 15.0 Å². The summed E-state index contributed by atoms with van der Waals surface area (Å²) in [6, 6.07) is 22.7. The second kappa shape index (κ2) is 7.92. The van der Waals surface area contributed by atoms with E-state index < -0.39 is 0 Å². The van der Waals surface area contributed by atoms with Gasteiger partial charge < -0.3 is 10.1 Å². The molecule has 140 valence electrons. The van der Waals surface area contributed by atoms with Gasteiger partial charge >= 0.3 is 0 Å². The number of nitrogens with zero attached hydrogens (tertiary/aromatic N) is 3. The molecule has 28 heavy (non-hydrogen) atoms. The molecule has 0 spiro atoms. The molecule has 1 N–H and O–H groups in total. The number of para-hydroxylation sites is 1. The number of aromatic nitrogens is 3. The molecule has 1 aromatic heterocycles. The van der Waals surface area contributed by atoms with E-state index in [1.807, 2.05) is 84.4 Å². The van der Waals surface area contributed by atoms with Crippen LogP contribution in [0, 0.1) is 0 Å². The number of carbonyl (C=O) groups is 1. The van der Waals surface area contributed by atoms with Crippen molar-refractivity contribution in [1.29, 1.82) is 0 Å². The van der Waals surface area contributed by atoms with Crippen LogP contribution in [0.15, 0.2) is 72.8 Å². The topological polar surface area (TPSA) is 69.0 Å². The molecule has 0 saturated heterocycles. The van der Waals surface area contributed by atoms with Gasteiger partial charge in [0.25, 0.3) is 5.91 Å². The number of carbonyl (C=O) groups excluding carboxylic acids is 1. The number of ether oxygens (including phenoxy) is 1. The predicted molar refractivity (Wildman–Crippen MR) is 109 cm³/mol. The van der Waals surface area contributed by atoms with Crippen LogP contribution in [0.3, 0.4) is 0 Å². The molecular weight excluding hydrogens is 352 g/mol. The van der Waals surface area contributed by atoms with Crippen LogP contribution < -0.4 is 10.1 Å². The van der Waals surface area contributed by atoms with E-state index >= 15 is 0 Å². The Balaban J connectivity index is 1.43. The number of fused-ring (bicyclic) bond motifs is 1. The SMILES string of the molecule is CCOc1ccc(NC(=O)c2ccc(Cn3nnc4ccccc43)cc2)cc1. The zero-order chi connectivity index (χ0) is 19.3. The van der Waals surface area contributed by atoms with Crippen LogP contribution in [0.1, 0.15) is 22.8 Å². The van der Waals surface area contributed by atoms with Gasteiger partial charge in [-0.1, -0.05) is 29.5 Å². The largest absolute Gasteiger partial charge is 0.494 e. The van der Waals surface area contributed by atoms with Gasteiger partial charge in [0.1, 0.15) is 11.3 Å². The first kappa shape index (κ1) is 17.7. The molecule has 0 fully saturated rings. The summed E-state index contributed by atoms with van der Waals surface area (Å²) in [7, 11) is 0. The van der Waals surface area contributed by atoms with E-state index in [0.29, 0.717) is 18.7 Å². The van der Waals surface area contributed by atoms with Gasteiger partial charge in [0.05, 0.1) is 18.7 Å². The molecule has 3 aromatic carbocycles. The van der Waals surface area contributed by atoms with Crippen molar-refractivity contribution in [2.24, 2.45) is 0 Å². The first-order valence-corrected chi connectivity index (χ1v) is 9.14. The minimum absolute atomic E-state index is 0.151. The van der Waals surface area contributed by atoms with Crippen LogP contribution in [0.25, 0.3) is 11.0 Å². The zero-order valence-corrected chi connectivity index (χ0v) is 15.5. The van der Waals surface area contributed by atoms with Gasteiger partial charge in [-0.3, -0.25) is 4.79 Å². The number of amides is 1. The molecule has 6 nitrogen and oxygen atoms in total. The van der Waals surface area contributed by atoms with Crippen LogP contribution in [0.5, 0.6) is 5.75 Å². The Kier molecular flexibility index (Phi) is 5.01. The van der Waals surface area contributed by atoms with E-state index in [-0.39, 0.29) is 5.91 Å². The Morgan fingerprint density at radius 3 is 2.50 bits per heavy atom. The van der Waals surface area contributed by atoms with Gasteiger partial charge in [0.15, 0.2) is 0 Å². The third kappa shape index (κ3) is 3.86. The molecule has 0 radical (unpaired) electrons. The fraction of sp³-hybridized carbons (Fsp3) is 0.136. The summed E-state index contributed by atoms with van der Waals surface area (Å²) in [4.78, 5) is 12.5. The fourth-order valence-corrected chi connectivity index (χ4v) is 2.97. The Labute approximate surface area is 162 Å².